The summed E-state index contributed by atoms with van der Waals surface area (Å²) in [5, 5.41) is 0. The molecule has 0 fully saturated rings. The zero-order valence-electron chi connectivity index (χ0n) is 18.5. The second-order valence-corrected chi connectivity index (χ2v) is 7.32. The number of hydrogen-bond donors (Lipinski definition) is 0. The van der Waals surface area contributed by atoms with E-state index in [9.17, 15) is 9.59 Å². The molecule has 0 aromatic heterocycles. The van der Waals surface area contributed by atoms with E-state index in [1.807, 2.05) is 0 Å². The van der Waals surface area contributed by atoms with Gasteiger partial charge in [-0.05, 0) is 61.9 Å². The predicted octanol–water partition coefficient (Wildman–Crippen LogP) is 6.03. The molecule has 166 valence electrons. The number of esters is 1. The number of ketones is 1. The smallest absolute Gasteiger partial charge is 0.338 e. The fraction of sp³-hybridized carbons (Fsp3) is 0.385. The van der Waals surface area contributed by atoms with Crippen LogP contribution in [0.3, 0.4) is 0 Å². The van der Waals surface area contributed by atoms with Crippen LogP contribution >= 0.6 is 0 Å². The van der Waals surface area contributed by atoms with Gasteiger partial charge in [0.25, 0.3) is 0 Å². The van der Waals surface area contributed by atoms with Crippen LogP contribution < -0.4 is 9.47 Å². The molecule has 0 saturated heterocycles. The Morgan fingerprint density at radius 2 is 1.45 bits per heavy atom. The van der Waals surface area contributed by atoms with E-state index < -0.39 is 12.1 Å². The molecule has 0 spiro atoms. The van der Waals surface area contributed by atoms with E-state index in [1.54, 1.807) is 61.5 Å². The van der Waals surface area contributed by atoms with Crippen LogP contribution in [0.2, 0.25) is 0 Å². The van der Waals surface area contributed by atoms with Gasteiger partial charge in [0, 0.05) is 5.56 Å². The number of benzene rings is 2. The molecule has 0 aliphatic rings. The zero-order valence-corrected chi connectivity index (χ0v) is 18.5. The molecule has 2 aromatic rings. The van der Waals surface area contributed by atoms with Crippen molar-refractivity contribution in [2.24, 2.45) is 0 Å². The lowest BCUT2D eigenvalue weighted by molar-refractivity contribution is 0.0318. The Labute approximate surface area is 185 Å². The van der Waals surface area contributed by atoms with Crippen molar-refractivity contribution in [3.8, 4) is 11.5 Å². The van der Waals surface area contributed by atoms with Crippen molar-refractivity contribution in [3.63, 3.8) is 0 Å². The molecule has 0 aliphatic heterocycles. The first-order chi connectivity index (χ1) is 15.0. The van der Waals surface area contributed by atoms with Gasteiger partial charge >= 0.3 is 5.97 Å². The van der Waals surface area contributed by atoms with Gasteiger partial charge < -0.3 is 14.2 Å². The standard InChI is InChI=1S/C26H32O5/c1-4-6-7-8-9-19-30-24-16-12-22(13-17-24)26(28)31-20(3)25(27)21-10-14-23(15-11-21)29-18-5-2/h5,10-17,20H,2,4,6-9,18-19H2,1,3H3. The fourth-order valence-electron chi connectivity index (χ4n) is 2.97. The zero-order chi connectivity index (χ0) is 22.5. The maximum absolute atomic E-state index is 12.5. The molecule has 5 heteroatoms. The molecule has 1 unspecified atom stereocenters. The van der Waals surface area contributed by atoms with Crippen molar-refractivity contribution >= 4 is 11.8 Å². The van der Waals surface area contributed by atoms with Crippen LogP contribution in [0.25, 0.3) is 0 Å². The quantitative estimate of drug-likeness (QED) is 0.160. The molecule has 1 atom stereocenters. The molecule has 2 rings (SSSR count). The monoisotopic (exact) mass is 424 g/mol. The summed E-state index contributed by atoms with van der Waals surface area (Å²) in [6.45, 7) is 8.41. The molecule has 0 amide bonds. The minimum absolute atomic E-state index is 0.272. The number of Topliss-reactive ketones (excluding diaryl/α,β-unsaturated/α-hetero) is 1. The number of ether oxygens (including phenoxy) is 3. The fourth-order valence-corrected chi connectivity index (χ4v) is 2.97. The Morgan fingerprint density at radius 1 is 0.871 bits per heavy atom. The number of unbranched alkanes of at least 4 members (excludes halogenated alkanes) is 4. The molecule has 0 heterocycles. The van der Waals surface area contributed by atoms with Gasteiger partial charge in [0.1, 0.15) is 18.1 Å². The lowest BCUT2D eigenvalue weighted by Gasteiger charge is -2.13. The van der Waals surface area contributed by atoms with Gasteiger partial charge in [0.05, 0.1) is 12.2 Å². The van der Waals surface area contributed by atoms with Gasteiger partial charge in [-0.15, -0.1) is 0 Å². The van der Waals surface area contributed by atoms with Crippen LogP contribution in [0.15, 0.2) is 61.2 Å². The van der Waals surface area contributed by atoms with Crippen LogP contribution in [0.1, 0.15) is 66.7 Å². The minimum Gasteiger partial charge on any atom is -0.494 e. The largest absolute Gasteiger partial charge is 0.494 e. The van der Waals surface area contributed by atoms with Crippen LogP contribution in [-0.4, -0.2) is 31.1 Å². The molecule has 0 aliphatic carbocycles. The van der Waals surface area contributed by atoms with Crippen LogP contribution in [0.4, 0.5) is 0 Å². The first-order valence-corrected chi connectivity index (χ1v) is 10.9. The van der Waals surface area contributed by atoms with Crippen LogP contribution in [0.5, 0.6) is 11.5 Å². The Kier molecular flexibility index (Phi) is 10.4. The Hall–Kier alpha value is -3.08. The highest BCUT2D eigenvalue weighted by Gasteiger charge is 2.20. The van der Waals surface area contributed by atoms with E-state index in [0.717, 1.165) is 18.6 Å². The Bertz CT molecular complexity index is 824. The molecular weight excluding hydrogens is 392 g/mol. The molecule has 2 aromatic carbocycles. The van der Waals surface area contributed by atoms with Crippen molar-refractivity contribution in [2.45, 2.75) is 52.1 Å². The SMILES string of the molecule is C=CCOc1ccc(C(=O)C(C)OC(=O)c2ccc(OCCCCCCC)cc2)cc1. The second kappa shape index (κ2) is 13.3. The lowest BCUT2D eigenvalue weighted by Crippen LogP contribution is -2.24. The average Bonchev–Trinajstić information content (AvgIpc) is 2.80. The van der Waals surface area contributed by atoms with E-state index in [0.29, 0.717) is 30.1 Å². The summed E-state index contributed by atoms with van der Waals surface area (Å²) in [5.74, 6) is 0.545. The van der Waals surface area contributed by atoms with Crippen molar-refractivity contribution in [1.82, 2.24) is 0 Å². The summed E-state index contributed by atoms with van der Waals surface area (Å²) >= 11 is 0. The number of hydrogen-bond acceptors (Lipinski definition) is 5. The Balaban J connectivity index is 1.82. The van der Waals surface area contributed by atoms with Gasteiger partial charge in [-0.2, -0.15) is 0 Å². The third kappa shape index (κ3) is 8.28. The van der Waals surface area contributed by atoms with Crippen molar-refractivity contribution < 1.29 is 23.8 Å². The van der Waals surface area contributed by atoms with Crippen molar-refractivity contribution in [3.05, 3.63) is 72.3 Å². The molecule has 5 nitrogen and oxygen atoms in total. The van der Waals surface area contributed by atoms with E-state index in [2.05, 4.69) is 13.5 Å². The van der Waals surface area contributed by atoms with Crippen molar-refractivity contribution in [2.75, 3.05) is 13.2 Å². The summed E-state index contributed by atoms with van der Waals surface area (Å²) in [4.78, 5) is 24.9. The minimum atomic E-state index is -0.897. The van der Waals surface area contributed by atoms with Crippen LogP contribution in [0, 0.1) is 0 Å². The van der Waals surface area contributed by atoms with Gasteiger partial charge in [-0.25, -0.2) is 4.79 Å². The van der Waals surface area contributed by atoms with Crippen LogP contribution in [-0.2, 0) is 4.74 Å². The van der Waals surface area contributed by atoms with Gasteiger partial charge in [-0.1, -0.05) is 45.3 Å². The second-order valence-electron chi connectivity index (χ2n) is 7.32. The third-order valence-electron chi connectivity index (χ3n) is 4.77. The summed E-state index contributed by atoms with van der Waals surface area (Å²) in [5.41, 5.74) is 0.831. The average molecular weight is 425 g/mol. The first-order valence-electron chi connectivity index (χ1n) is 10.9. The van der Waals surface area contributed by atoms with E-state index >= 15 is 0 Å². The maximum Gasteiger partial charge on any atom is 0.338 e. The Morgan fingerprint density at radius 3 is 2.06 bits per heavy atom. The number of carbonyl (C=O) groups is 2. The summed E-state index contributed by atoms with van der Waals surface area (Å²) in [6.07, 6.45) is 6.64. The summed E-state index contributed by atoms with van der Waals surface area (Å²) in [7, 11) is 0. The van der Waals surface area contributed by atoms with Gasteiger partial charge in [0.15, 0.2) is 6.10 Å². The molecule has 0 saturated carbocycles. The molecule has 0 radical (unpaired) electrons. The van der Waals surface area contributed by atoms with Crippen molar-refractivity contribution in [1.29, 1.82) is 0 Å². The van der Waals surface area contributed by atoms with E-state index in [-0.39, 0.29) is 5.78 Å². The van der Waals surface area contributed by atoms with Gasteiger partial charge in [-0.3, -0.25) is 4.79 Å². The topological polar surface area (TPSA) is 61.8 Å². The predicted molar refractivity (Wildman–Crippen MR) is 122 cm³/mol. The summed E-state index contributed by atoms with van der Waals surface area (Å²) < 4.78 is 16.5. The molecule has 0 bridgehead atoms. The molecule has 31 heavy (non-hydrogen) atoms. The van der Waals surface area contributed by atoms with Gasteiger partial charge in [0.2, 0.25) is 5.78 Å². The highest BCUT2D eigenvalue weighted by molar-refractivity contribution is 6.01. The summed E-state index contributed by atoms with van der Waals surface area (Å²) in [6, 6.07) is 13.5. The highest BCUT2D eigenvalue weighted by atomic mass is 16.5. The lowest BCUT2D eigenvalue weighted by atomic mass is 10.1. The highest BCUT2D eigenvalue weighted by Crippen LogP contribution is 2.17. The number of rotatable bonds is 14. The first kappa shape index (κ1) is 24.2. The van der Waals surface area contributed by atoms with E-state index in [1.165, 1.54) is 19.3 Å². The molecule has 0 N–H and O–H groups in total. The maximum atomic E-state index is 12.5. The van der Waals surface area contributed by atoms with E-state index in [4.69, 9.17) is 14.2 Å². The number of carbonyl (C=O) groups excluding carboxylic acids is 2. The third-order valence-corrected chi connectivity index (χ3v) is 4.77. The molecular formula is C26H32O5. The normalized spacial score (nSPS) is 11.4.